The number of hydrogen-bond acceptors (Lipinski definition) is 4. The number of hydrogen-bond donors (Lipinski definition) is 2. The fraction of sp³-hybridized carbons (Fsp3) is 0.696. The third-order valence-corrected chi connectivity index (χ3v) is 5.84. The smallest absolute Gasteiger partial charge is 0.225 e. The lowest BCUT2D eigenvalue weighted by Crippen LogP contribution is -2.49. The van der Waals surface area contributed by atoms with Crippen molar-refractivity contribution in [1.29, 1.82) is 0 Å². The van der Waals surface area contributed by atoms with Gasteiger partial charge in [-0.3, -0.25) is 9.69 Å². The van der Waals surface area contributed by atoms with Crippen LogP contribution in [-0.4, -0.2) is 59.1 Å². The van der Waals surface area contributed by atoms with E-state index in [-0.39, 0.29) is 17.7 Å². The van der Waals surface area contributed by atoms with Crippen LogP contribution in [-0.2, 0) is 17.8 Å². The van der Waals surface area contributed by atoms with Gasteiger partial charge in [0.25, 0.3) is 0 Å². The highest BCUT2D eigenvalue weighted by Gasteiger charge is 2.30. The van der Waals surface area contributed by atoms with Gasteiger partial charge in [-0.2, -0.15) is 0 Å². The highest BCUT2D eigenvalue weighted by atomic mass is 16.3. The second kappa shape index (κ2) is 8.13. The molecule has 2 N–H and O–H groups in total. The molecule has 156 valence electrons. The van der Waals surface area contributed by atoms with Gasteiger partial charge in [-0.25, -0.2) is 0 Å². The number of piperazine rings is 1. The summed E-state index contributed by atoms with van der Waals surface area (Å²) < 4.78 is 0. The first kappa shape index (κ1) is 21.3. The predicted molar refractivity (Wildman–Crippen MR) is 113 cm³/mol. The molecule has 0 radical (unpaired) electrons. The number of fused-ring (bicyclic) bond motifs is 1. The van der Waals surface area contributed by atoms with E-state index in [0.717, 1.165) is 45.7 Å². The summed E-state index contributed by atoms with van der Waals surface area (Å²) in [5.74, 6) is 0.0571. The number of amides is 1. The molecule has 1 fully saturated rings. The Balaban J connectivity index is 1.58. The van der Waals surface area contributed by atoms with Gasteiger partial charge in [0.1, 0.15) is 0 Å². The quantitative estimate of drug-likeness (QED) is 0.834. The number of carbonyl (C=O) groups is 1. The third-order valence-electron chi connectivity index (χ3n) is 5.84. The molecule has 1 amide bonds. The molecular weight excluding hydrogens is 350 g/mol. The van der Waals surface area contributed by atoms with Gasteiger partial charge in [0.2, 0.25) is 5.91 Å². The summed E-state index contributed by atoms with van der Waals surface area (Å²) in [6.07, 6.45) is 1.29. The van der Waals surface area contributed by atoms with Gasteiger partial charge in [-0.15, -0.1) is 0 Å². The molecule has 0 aliphatic carbocycles. The molecule has 1 aromatic rings. The Labute approximate surface area is 170 Å². The second-order valence-electron chi connectivity index (χ2n) is 10.2. The number of aliphatic hydroxyl groups is 1. The van der Waals surface area contributed by atoms with Crippen LogP contribution in [0.4, 0.5) is 0 Å². The molecule has 1 atom stereocenters. The highest BCUT2D eigenvalue weighted by molar-refractivity contribution is 5.77. The maximum atomic E-state index is 12.3. The van der Waals surface area contributed by atoms with Crippen LogP contribution < -0.4 is 5.32 Å². The van der Waals surface area contributed by atoms with Gasteiger partial charge in [0, 0.05) is 38.8 Å². The van der Waals surface area contributed by atoms with Crippen molar-refractivity contribution < 1.29 is 9.90 Å². The van der Waals surface area contributed by atoms with Crippen LogP contribution in [0, 0.1) is 5.41 Å². The van der Waals surface area contributed by atoms with Gasteiger partial charge in [0.15, 0.2) is 0 Å². The van der Waals surface area contributed by atoms with Crippen molar-refractivity contribution in [3.05, 3.63) is 34.9 Å². The van der Waals surface area contributed by atoms with E-state index >= 15 is 0 Å². The van der Waals surface area contributed by atoms with Gasteiger partial charge < -0.3 is 15.3 Å². The van der Waals surface area contributed by atoms with Crippen molar-refractivity contribution in [2.45, 2.75) is 65.6 Å². The van der Waals surface area contributed by atoms with Crippen LogP contribution >= 0.6 is 0 Å². The lowest BCUT2D eigenvalue weighted by Gasteiger charge is -2.38. The molecule has 0 bridgehead atoms. The fourth-order valence-electron chi connectivity index (χ4n) is 4.38. The van der Waals surface area contributed by atoms with Crippen molar-refractivity contribution in [1.82, 2.24) is 15.1 Å². The maximum absolute atomic E-state index is 12.3. The average molecular weight is 388 g/mol. The second-order valence-corrected chi connectivity index (χ2v) is 10.2. The summed E-state index contributed by atoms with van der Waals surface area (Å²) in [6, 6.07) is 7.39. The summed E-state index contributed by atoms with van der Waals surface area (Å²) >= 11 is 0. The molecule has 5 heteroatoms. The lowest BCUT2D eigenvalue weighted by molar-refractivity contribution is -0.137. The van der Waals surface area contributed by atoms with Crippen molar-refractivity contribution in [3.8, 4) is 0 Å². The molecule has 28 heavy (non-hydrogen) atoms. The van der Waals surface area contributed by atoms with E-state index < -0.39 is 5.60 Å². The Bertz CT molecular complexity index is 695. The minimum absolute atomic E-state index is 0.0571. The molecule has 0 aromatic heterocycles. The first-order chi connectivity index (χ1) is 13.0. The van der Waals surface area contributed by atoms with E-state index in [4.69, 9.17) is 0 Å². The van der Waals surface area contributed by atoms with Crippen LogP contribution in [0.15, 0.2) is 18.2 Å². The largest absolute Gasteiger partial charge is 0.390 e. The van der Waals surface area contributed by atoms with E-state index in [1.54, 1.807) is 13.8 Å². The standard InChI is InChI=1S/C23H37N3O2/c1-22(2,3)21-19-7-6-17(14-18(19)8-9-24-21)16-25-10-12-26(13-11-25)20(27)15-23(4,5)28/h6-7,14,21,24,28H,8-13,15-16H2,1-5H3. The molecule has 2 heterocycles. The Morgan fingerprint density at radius 1 is 1.14 bits per heavy atom. The number of nitrogens with zero attached hydrogens (tertiary/aromatic N) is 2. The predicted octanol–water partition coefficient (Wildman–Crippen LogP) is 2.72. The van der Waals surface area contributed by atoms with Crippen LogP contribution in [0.25, 0.3) is 0 Å². The first-order valence-electron chi connectivity index (χ1n) is 10.6. The van der Waals surface area contributed by atoms with E-state index in [2.05, 4.69) is 49.2 Å². The minimum atomic E-state index is -0.933. The van der Waals surface area contributed by atoms with Crippen molar-refractivity contribution in [2.24, 2.45) is 5.41 Å². The van der Waals surface area contributed by atoms with Crippen LogP contribution in [0.3, 0.4) is 0 Å². The highest BCUT2D eigenvalue weighted by Crippen LogP contribution is 2.37. The molecule has 1 saturated heterocycles. The Morgan fingerprint density at radius 3 is 2.43 bits per heavy atom. The average Bonchev–Trinajstić information content (AvgIpc) is 2.59. The van der Waals surface area contributed by atoms with Gasteiger partial charge in [0.05, 0.1) is 12.0 Å². The fourth-order valence-corrected chi connectivity index (χ4v) is 4.38. The molecule has 5 nitrogen and oxygen atoms in total. The zero-order valence-electron chi connectivity index (χ0n) is 18.2. The van der Waals surface area contributed by atoms with Crippen LogP contribution in [0.5, 0.6) is 0 Å². The SMILES string of the molecule is CC(C)(O)CC(=O)N1CCN(Cc2ccc3c(c2)CCNC3C(C)(C)C)CC1. The minimum Gasteiger partial charge on any atom is -0.390 e. The van der Waals surface area contributed by atoms with Gasteiger partial charge in [-0.05, 0) is 48.9 Å². The van der Waals surface area contributed by atoms with E-state index in [1.165, 1.54) is 16.7 Å². The van der Waals surface area contributed by atoms with E-state index in [9.17, 15) is 9.90 Å². The lowest BCUT2D eigenvalue weighted by atomic mass is 9.78. The van der Waals surface area contributed by atoms with Crippen molar-refractivity contribution in [2.75, 3.05) is 32.7 Å². The number of rotatable bonds is 4. The summed E-state index contributed by atoms with van der Waals surface area (Å²) in [5.41, 5.74) is 3.57. The van der Waals surface area contributed by atoms with Crippen molar-refractivity contribution in [3.63, 3.8) is 0 Å². The Kier molecular flexibility index (Phi) is 6.18. The topological polar surface area (TPSA) is 55.8 Å². The number of carbonyl (C=O) groups excluding carboxylic acids is 1. The Morgan fingerprint density at radius 2 is 1.82 bits per heavy atom. The summed E-state index contributed by atoms with van der Waals surface area (Å²) in [6.45, 7) is 15.5. The van der Waals surface area contributed by atoms with Gasteiger partial charge in [-0.1, -0.05) is 39.0 Å². The van der Waals surface area contributed by atoms with E-state index in [1.807, 2.05) is 4.90 Å². The zero-order chi connectivity index (χ0) is 20.5. The summed E-state index contributed by atoms with van der Waals surface area (Å²) in [5, 5.41) is 13.6. The van der Waals surface area contributed by atoms with Gasteiger partial charge >= 0.3 is 0 Å². The zero-order valence-corrected chi connectivity index (χ0v) is 18.2. The monoisotopic (exact) mass is 387 g/mol. The summed E-state index contributed by atoms with van der Waals surface area (Å²) in [4.78, 5) is 16.6. The maximum Gasteiger partial charge on any atom is 0.225 e. The van der Waals surface area contributed by atoms with Crippen LogP contribution in [0.1, 0.15) is 63.8 Å². The normalized spacial score (nSPS) is 21.5. The number of benzene rings is 1. The Hall–Kier alpha value is -1.43. The first-order valence-corrected chi connectivity index (χ1v) is 10.6. The molecule has 1 unspecified atom stereocenters. The number of nitrogens with one attached hydrogen (secondary N) is 1. The molecule has 1 aromatic carbocycles. The molecule has 2 aliphatic rings. The molecule has 3 rings (SSSR count). The van der Waals surface area contributed by atoms with Crippen LogP contribution in [0.2, 0.25) is 0 Å². The third kappa shape index (κ3) is 5.34. The molecule has 0 saturated carbocycles. The molecular formula is C23H37N3O2. The molecule has 2 aliphatic heterocycles. The van der Waals surface area contributed by atoms with Crippen molar-refractivity contribution >= 4 is 5.91 Å². The summed E-state index contributed by atoms with van der Waals surface area (Å²) in [7, 11) is 0. The molecule has 0 spiro atoms. The van der Waals surface area contributed by atoms with E-state index in [0.29, 0.717) is 6.04 Å².